The molecule has 1 aliphatic heterocycles. The third kappa shape index (κ3) is 10.4. The summed E-state index contributed by atoms with van der Waals surface area (Å²) in [5.41, 5.74) is 2.40. The monoisotopic (exact) mass is 575 g/mol. The largest absolute Gasteiger partial charge is 0.491 e. The Kier molecular flexibility index (Phi) is 12.1. The second-order valence-corrected chi connectivity index (χ2v) is 10.6. The normalized spacial score (nSPS) is 18.5. The van der Waals surface area contributed by atoms with Gasteiger partial charge in [-0.1, -0.05) is 60.7 Å². The summed E-state index contributed by atoms with van der Waals surface area (Å²) in [6, 6.07) is 23.1. The fraction of sp³-hybridized carbons (Fsp3) is 0.382. The van der Waals surface area contributed by atoms with Gasteiger partial charge in [0.05, 0.1) is 31.6 Å². The van der Waals surface area contributed by atoms with E-state index in [0.29, 0.717) is 50.2 Å². The highest BCUT2D eigenvalue weighted by molar-refractivity contribution is 5.89. The van der Waals surface area contributed by atoms with Crippen molar-refractivity contribution in [1.82, 2.24) is 5.32 Å². The van der Waals surface area contributed by atoms with Crippen LogP contribution in [0.5, 0.6) is 5.75 Å². The Morgan fingerprint density at radius 1 is 0.952 bits per heavy atom. The van der Waals surface area contributed by atoms with Crippen molar-refractivity contribution in [3.8, 4) is 5.75 Å². The number of ether oxygens (including phenoxy) is 3. The third-order valence-corrected chi connectivity index (χ3v) is 7.21. The lowest BCUT2D eigenvalue weighted by atomic mass is 9.94. The van der Waals surface area contributed by atoms with Crippen molar-refractivity contribution in [2.75, 3.05) is 19.8 Å². The predicted octanol–water partition coefficient (Wildman–Crippen LogP) is 5.38. The van der Waals surface area contributed by atoms with Crippen LogP contribution in [0.25, 0.3) is 0 Å². The van der Waals surface area contributed by atoms with Gasteiger partial charge < -0.3 is 19.5 Å². The molecular formula is C34H38FNO6. The summed E-state index contributed by atoms with van der Waals surface area (Å²) in [6.45, 7) is 0.949. The Bertz CT molecular complexity index is 1310. The molecule has 3 aromatic rings. The summed E-state index contributed by atoms with van der Waals surface area (Å²) in [6.07, 6.45) is 2.09. The van der Waals surface area contributed by atoms with E-state index in [2.05, 4.69) is 5.32 Å². The van der Waals surface area contributed by atoms with Crippen LogP contribution < -0.4 is 10.1 Å². The highest BCUT2D eigenvalue weighted by atomic mass is 19.1. The second-order valence-electron chi connectivity index (χ2n) is 10.6. The molecule has 1 amide bonds. The van der Waals surface area contributed by atoms with Crippen LogP contribution in [0.15, 0.2) is 78.9 Å². The minimum absolute atomic E-state index is 0.0781. The third-order valence-electron chi connectivity index (χ3n) is 7.21. The number of aryl methyl sites for hydroxylation is 2. The van der Waals surface area contributed by atoms with Gasteiger partial charge in [-0.2, -0.15) is 0 Å². The molecular weight excluding hydrogens is 537 g/mol. The lowest BCUT2D eigenvalue weighted by Crippen LogP contribution is -2.43. The number of nitrogens with one attached hydrogen (secondary N) is 1. The van der Waals surface area contributed by atoms with E-state index in [9.17, 15) is 18.8 Å². The van der Waals surface area contributed by atoms with Crippen LogP contribution in [0.2, 0.25) is 0 Å². The van der Waals surface area contributed by atoms with E-state index >= 15 is 0 Å². The number of Topliss-reactive ketones (excluding diaryl/α,β-unsaturated/α-hetero) is 1. The van der Waals surface area contributed by atoms with E-state index in [1.54, 1.807) is 18.2 Å². The predicted molar refractivity (Wildman–Crippen MR) is 156 cm³/mol. The molecule has 0 aromatic heterocycles. The average Bonchev–Trinajstić information content (AvgIpc) is 2.99. The number of hydrogen-bond acceptors (Lipinski definition) is 6. The maximum atomic E-state index is 14.1. The Morgan fingerprint density at radius 3 is 2.60 bits per heavy atom. The van der Waals surface area contributed by atoms with Gasteiger partial charge in [-0.3, -0.25) is 14.4 Å². The van der Waals surface area contributed by atoms with Gasteiger partial charge in [0.1, 0.15) is 30.6 Å². The van der Waals surface area contributed by atoms with Crippen LogP contribution >= 0.6 is 0 Å². The molecule has 8 heteroatoms. The van der Waals surface area contributed by atoms with Crippen LogP contribution in [0.1, 0.15) is 48.8 Å². The first-order chi connectivity index (χ1) is 20.5. The van der Waals surface area contributed by atoms with E-state index in [1.807, 2.05) is 54.6 Å². The molecule has 42 heavy (non-hydrogen) atoms. The summed E-state index contributed by atoms with van der Waals surface area (Å²) in [4.78, 5) is 39.3. The zero-order chi connectivity index (χ0) is 29.6. The molecule has 2 bridgehead atoms. The molecule has 7 nitrogen and oxygen atoms in total. The number of fused-ring (bicyclic) bond motifs is 2. The molecule has 1 heterocycles. The molecule has 0 unspecified atom stereocenters. The van der Waals surface area contributed by atoms with Crippen molar-refractivity contribution in [3.05, 3.63) is 101 Å². The fourth-order valence-electron chi connectivity index (χ4n) is 4.91. The van der Waals surface area contributed by atoms with Crippen molar-refractivity contribution in [2.24, 2.45) is 5.92 Å². The molecule has 0 aliphatic carbocycles. The summed E-state index contributed by atoms with van der Waals surface area (Å²) < 4.78 is 31.2. The van der Waals surface area contributed by atoms with E-state index in [4.69, 9.17) is 14.2 Å². The van der Waals surface area contributed by atoms with Crippen LogP contribution in [-0.4, -0.2) is 43.5 Å². The maximum absolute atomic E-state index is 14.1. The molecule has 0 spiro atoms. The van der Waals surface area contributed by atoms with Crippen LogP contribution in [0.3, 0.4) is 0 Å². The first kappa shape index (κ1) is 30.9. The zero-order valence-electron chi connectivity index (χ0n) is 23.8. The van der Waals surface area contributed by atoms with Gasteiger partial charge in [-0.15, -0.1) is 0 Å². The number of carbonyl (C=O) groups excluding carboxylic acids is 3. The Balaban J connectivity index is 1.44. The standard InChI is InChI=1S/C34H38FNO6/c35-32-15-5-4-11-27(32)12-7-13-29-24-40-18-19-41-31-14-6-10-25(20-31)16-17-30(37)21-28(34(39)36-29)22-33(38)42-23-26-8-2-1-3-9-26/h1-6,8-11,14-15,20,28-29H,7,12-13,16-19,21-24H2,(H,36,39)/t28-,29+/m0/s1. The van der Waals surface area contributed by atoms with Gasteiger partial charge in [0.15, 0.2) is 0 Å². The molecule has 0 radical (unpaired) electrons. The summed E-state index contributed by atoms with van der Waals surface area (Å²) in [7, 11) is 0. The lowest BCUT2D eigenvalue weighted by Gasteiger charge is -2.23. The van der Waals surface area contributed by atoms with Gasteiger partial charge in [0.25, 0.3) is 0 Å². The van der Waals surface area contributed by atoms with Gasteiger partial charge >= 0.3 is 5.97 Å². The Morgan fingerprint density at radius 2 is 1.76 bits per heavy atom. The fourth-order valence-corrected chi connectivity index (χ4v) is 4.91. The summed E-state index contributed by atoms with van der Waals surface area (Å²) in [5.74, 6) is -1.49. The van der Waals surface area contributed by atoms with Crippen LogP contribution in [0, 0.1) is 11.7 Å². The van der Waals surface area contributed by atoms with E-state index < -0.39 is 23.8 Å². The zero-order valence-corrected chi connectivity index (χ0v) is 23.8. The van der Waals surface area contributed by atoms with Crippen LogP contribution in [-0.2, 0) is 43.3 Å². The highest BCUT2D eigenvalue weighted by Crippen LogP contribution is 2.19. The molecule has 4 rings (SSSR count). The van der Waals surface area contributed by atoms with Gasteiger partial charge in [0, 0.05) is 12.8 Å². The first-order valence-electron chi connectivity index (χ1n) is 14.5. The smallest absolute Gasteiger partial charge is 0.306 e. The number of esters is 1. The Labute approximate surface area is 246 Å². The molecule has 0 saturated heterocycles. The van der Waals surface area contributed by atoms with E-state index in [1.165, 1.54) is 6.07 Å². The number of benzene rings is 3. The SMILES string of the molecule is O=C1CCc2cccc(c2)OCCOC[C@@H](CCCc2ccccc2F)NC(=O)[C@H](CC(=O)OCc2ccccc2)C1. The van der Waals surface area contributed by atoms with E-state index in [0.717, 1.165) is 11.1 Å². The number of ketones is 1. The van der Waals surface area contributed by atoms with Crippen molar-refractivity contribution in [1.29, 1.82) is 0 Å². The number of hydrogen-bond donors (Lipinski definition) is 1. The van der Waals surface area contributed by atoms with Crippen molar-refractivity contribution < 1.29 is 33.0 Å². The van der Waals surface area contributed by atoms with Gasteiger partial charge in [-0.05, 0) is 60.6 Å². The minimum atomic E-state index is -0.877. The first-order valence-corrected chi connectivity index (χ1v) is 14.5. The molecule has 0 fully saturated rings. The summed E-state index contributed by atoms with van der Waals surface area (Å²) >= 11 is 0. The minimum Gasteiger partial charge on any atom is -0.491 e. The quantitative estimate of drug-likeness (QED) is 0.363. The van der Waals surface area contributed by atoms with Crippen LogP contribution in [0.4, 0.5) is 4.39 Å². The maximum Gasteiger partial charge on any atom is 0.306 e. The number of rotatable bonds is 8. The average molecular weight is 576 g/mol. The highest BCUT2D eigenvalue weighted by Gasteiger charge is 2.27. The van der Waals surface area contributed by atoms with Crippen molar-refractivity contribution in [3.63, 3.8) is 0 Å². The van der Waals surface area contributed by atoms with E-state index in [-0.39, 0.29) is 44.1 Å². The lowest BCUT2D eigenvalue weighted by molar-refractivity contribution is -0.148. The number of carbonyl (C=O) groups is 3. The van der Waals surface area contributed by atoms with Gasteiger partial charge in [-0.25, -0.2) is 4.39 Å². The van der Waals surface area contributed by atoms with Crippen molar-refractivity contribution >= 4 is 17.7 Å². The number of halogens is 1. The summed E-state index contributed by atoms with van der Waals surface area (Å²) in [5, 5.41) is 3.00. The van der Waals surface area contributed by atoms with Crippen molar-refractivity contribution in [2.45, 2.75) is 57.6 Å². The number of amides is 1. The van der Waals surface area contributed by atoms with Gasteiger partial charge in [0.2, 0.25) is 5.91 Å². The molecule has 1 aliphatic rings. The molecule has 2 atom stereocenters. The Hall–Kier alpha value is -4.04. The molecule has 0 saturated carbocycles. The second kappa shape index (κ2) is 16.4. The topological polar surface area (TPSA) is 90.9 Å². The molecule has 3 aromatic carbocycles. The molecule has 1 N–H and O–H groups in total. The molecule has 222 valence electrons.